The Labute approximate surface area is 204 Å². The molecule has 35 heavy (non-hydrogen) atoms. The number of piperidine rings is 1. The zero-order valence-corrected chi connectivity index (χ0v) is 20.3. The van der Waals surface area contributed by atoms with Crippen molar-refractivity contribution in [2.75, 3.05) is 26.2 Å². The number of amides is 1. The van der Waals surface area contributed by atoms with Crippen LogP contribution < -0.4 is 4.74 Å². The van der Waals surface area contributed by atoms with Gasteiger partial charge in [-0.15, -0.1) is 0 Å². The topological polar surface area (TPSA) is 50.6 Å². The molecule has 5 rings (SSSR count). The van der Waals surface area contributed by atoms with Gasteiger partial charge in [-0.25, -0.2) is 9.88 Å². The average molecular weight is 483 g/mol. The van der Waals surface area contributed by atoms with E-state index < -0.39 is 12.0 Å². The minimum absolute atomic E-state index is 0.0931. The Balaban J connectivity index is 1.24. The molecule has 2 saturated heterocycles. The van der Waals surface area contributed by atoms with E-state index in [1.165, 1.54) is 4.90 Å². The van der Waals surface area contributed by atoms with Crippen molar-refractivity contribution >= 4 is 16.8 Å². The minimum atomic E-state index is -2.78. The molecule has 2 aliphatic rings. The third-order valence-corrected chi connectivity index (χ3v) is 7.16. The third-order valence-electron chi connectivity index (χ3n) is 7.16. The lowest BCUT2D eigenvalue weighted by Crippen LogP contribution is -2.50. The Morgan fingerprint density at radius 2 is 1.80 bits per heavy atom. The van der Waals surface area contributed by atoms with Crippen LogP contribution in [0.25, 0.3) is 16.7 Å². The third kappa shape index (κ3) is 4.76. The molecule has 0 N–H and O–H groups in total. The van der Waals surface area contributed by atoms with E-state index in [4.69, 9.17) is 4.74 Å². The number of rotatable bonds is 6. The fourth-order valence-corrected chi connectivity index (χ4v) is 4.99. The van der Waals surface area contributed by atoms with Gasteiger partial charge >= 0.3 is 6.05 Å². The lowest BCUT2D eigenvalue weighted by molar-refractivity contribution is -0.188. The predicted molar refractivity (Wildman–Crippen MR) is 131 cm³/mol. The molecule has 0 atom stereocenters. The molecule has 0 saturated carbocycles. The number of aromatic nitrogens is 2. The molecule has 0 aliphatic carbocycles. The Morgan fingerprint density at radius 1 is 1.06 bits per heavy atom. The maximum Gasteiger partial charge on any atom is 0.307 e. The lowest BCUT2D eigenvalue weighted by Gasteiger charge is -2.38. The summed E-state index contributed by atoms with van der Waals surface area (Å²) in [7, 11) is 0. The summed E-state index contributed by atoms with van der Waals surface area (Å²) in [4.78, 5) is 20.5. The number of carbonyl (C=O) groups is 1. The Hall–Kier alpha value is -3.00. The fraction of sp³-hybridized carbons (Fsp3) is 0.481. The molecular formula is C27H32F2N4O2. The van der Waals surface area contributed by atoms with Crippen LogP contribution >= 0.6 is 0 Å². The van der Waals surface area contributed by atoms with Crippen molar-refractivity contribution in [2.45, 2.75) is 51.7 Å². The Bertz CT molecular complexity index is 1180. The van der Waals surface area contributed by atoms with Gasteiger partial charge in [-0.05, 0) is 62.1 Å². The molecule has 3 aromatic rings. The molecule has 0 bridgehead atoms. The molecule has 0 spiro atoms. The summed E-state index contributed by atoms with van der Waals surface area (Å²) in [6.07, 6.45) is 6.80. The summed E-state index contributed by atoms with van der Waals surface area (Å²) in [6.45, 7) is 5.41. The summed E-state index contributed by atoms with van der Waals surface area (Å²) in [6, 6.07) is 8.75. The summed E-state index contributed by atoms with van der Waals surface area (Å²) in [5, 5.41) is 0.988. The van der Waals surface area contributed by atoms with E-state index in [0.717, 1.165) is 42.7 Å². The van der Waals surface area contributed by atoms with Crippen LogP contribution in [0.5, 0.6) is 5.75 Å². The van der Waals surface area contributed by atoms with E-state index in [1.807, 2.05) is 52.1 Å². The number of ether oxygens (including phenoxy) is 1. The molecule has 2 aromatic heterocycles. The van der Waals surface area contributed by atoms with E-state index in [-0.39, 0.29) is 12.0 Å². The largest absolute Gasteiger partial charge is 0.489 e. The van der Waals surface area contributed by atoms with Crippen LogP contribution in [0.3, 0.4) is 0 Å². The van der Waals surface area contributed by atoms with E-state index in [9.17, 15) is 13.6 Å². The van der Waals surface area contributed by atoms with Gasteiger partial charge in [-0.1, -0.05) is 13.8 Å². The van der Waals surface area contributed by atoms with Crippen LogP contribution in [0.2, 0.25) is 0 Å². The second-order valence-electron chi connectivity index (χ2n) is 9.86. The van der Waals surface area contributed by atoms with Gasteiger partial charge in [0.15, 0.2) is 0 Å². The van der Waals surface area contributed by atoms with E-state index in [2.05, 4.69) is 4.98 Å². The van der Waals surface area contributed by atoms with Gasteiger partial charge in [-0.2, -0.15) is 8.78 Å². The monoisotopic (exact) mass is 482 g/mol. The number of halogens is 2. The molecule has 1 amide bonds. The summed E-state index contributed by atoms with van der Waals surface area (Å²) < 4.78 is 36.5. The van der Waals surface area contributed by atoms with Crippen molar-refractivity contribution in [2.24, 2.45) is 5.92 Å². The molecule has 0 radical (unpaired) electrons. The number of benzene rings is 1. The molecule has 2 aliphatic heterocycles. The molecule has 2 fully saturated rings. The van der Waals surface area contributed by atoms with Gasteiger partial charge in [0.2, 0.25) is 0 Å². The van der Waals surface area contributed by atoms with Crippen molar-refractivity contribution in [3.8, 4) is 11.6 Å². The first-order valence-corrected chi connectivity index (χ1v) is 12.5. The summed E-state index contributed by atoms with van der Waals surface area (Å²) >= 11 is 0. The maximum atomic E-state index is 14.3. The summed E-state index contributed by atoms with van der Waals surface area (Å²) in [5.41, 5.74) is 1.69. The van der Waals surface area contributed by atoms with E-state index in [0.29, 0.717) is 37.2 Å². The first-order valence-electron chi connectivity index (χ1n) is 12.5. The Morgan fingerprint density at radius 3 is 2.46 bits per heavy atom. The van der Waals surface area contributed by atoms with E-state index >= 15 is 0 Å². The van der Waals surface area contributed by atoms with Gasteiger partial charge in [0.1, 0.15) is 17.7 Å². The quantitative estimate of drug-likeness (QED) is 0.444. The number of fused-ring (bicyclic) bond motifs is 1. The smallest absolute Gasteiger partial charge is 0.307 e. The number of alkyl halides is 2. The number of likely N-dealkylation sites (tertiary alicyclic amines) is 2. The van der Waals surface area contributed by atoms with E-state index in [1.54, 1.807) is 20.0 Å². The van der Waals surface area contributed by atoms with Crippen molar-refractivity contribution in [3.05, 3.63) is 54.4 Å². The van der Waals surface area contributed by atoms with Crippen LogP contribution in [-0.2, 0) is 0 Å². The number of pyridine rings is 1. The molecule has 6 nitrogen and oxygen atoms in total. The van der Waals surface area contributed by atoms with Crippen molar-refractivity contribution in [1.29, 1.82) is 0 Å². The summed E-state index contributed by atoms with van der Waals surface area (Å²) in [5.74, 6) is 0.768. The normalized spacial score (nSPS) is 18.0. The lowest BCUT2D eigenvalue weighted by atomic mass is 10.0. The van der Waals surface area contributed by atoms with Gasteiger partial charge < -0.3 is 14.2 Å². The average Bonchev–Trinajstić information content (AvgIpc) is 3.54. The van der Waals surface area contributed by atoms with Crippen molar-refractivity contribution in [3.63, 3.8) is 0 Å². The van der Waals surface area contributed by atoms with Crippen LogP contribution in [0.1, 0.15) is 49.9 Å². The zero-order valence-electron chi connectivity index (χ0n) is 20.3. The highest BCUT2D eigenvalue weighted by Gasteiger charge is 2.42. The molecule has 186 valence electrons. The number of hydrogen-bond acceptors (Lipinski definition) is 4. The molecule has 4 heterocycles. The van der Waals surface area contributed by atoms with Gasteiger partial charge in [-0.3, -0.25) is 4.79 Å². The molecular weight excluding hydrogens is 450 g/mol. The van der Waals surface area contributed by atoms with Crippen LogP contribution in [0.4, 0.5) is 8.78 Å². The standard InChI is InChI=1S/C27H32F2N4O2/c1-19(2)27(28,29)32-14-10-22(11-15-32)35-23-6-8-25(30-18-23)33-16-9-20-17-21(5-7-24(20)33)26(34)31-12-3-4-13-31/h5-9,16-19,22H,3-4,10-15H2,1-2H3. The second kappa shape index (κ2) is 9.57. The Kier molecular flexibility index (Phi) is 6.49. The molecule has 1 aromatic carbocycles. The first kappa shape index (κ1) is 23.7. The minimum Gasteiger partial charge on any atom is -0.489 e. The van der Waals surface area contributed by atoms with Crippen molar-refractivity contribution < 1.29 is 18.3 Å². The SMILES string of the molecule is CC(C)C(F)(F)N1CCC(Oc2ccc(-n3ccc4cc(C(=O)N5CCCC5)ccc43)nc2)CC1. The zero-order chi connectivity index (χ0) is 24.6. The number of hydrogen-bond donors (Lipinski definition) is 0. The van der Waals surface area contributed by atoms with Gasteiger partial charge in [0.25, 0.3) is 5.91 Å². The second-order valence-corrected chi connectivity index (χ2v) is 9.86. The van der Waals surface area contributed by atoms with Crippen LogP contribution in [0, 0.1) is 5.92 Å². The highest BCUT2D eigenvalue weighted by atomic mass is 19.3. The molecule has 0 unspecified atom stereocenters. The number of carbonyl (C=O) groups excluding carboxylic acids is 1. The van der Waals surface area contributed by atoms with Gasteiger partial charge in [0.05, 0.1) is 11.7 Å². The maximum absolute atomic E-state index is 14.3. The van der Waals surface area contributed by atoms with Crippen LogP contribution in [-0.4, -0.2) is 63.6 Å². The van der Waals surface area contributed by atoms with Gasteiger partial charge in [0, 0.05) is 49.2 Å². The highest BCUT2D eigenvalue weighted by molar-refractivity contribution is 5.98. The fourth-order valence-electron chi connectivity index (χ4n) is 4.99. The highest BCUT2D eigenvalue weighted by Crippen LogP contribution is 2.32. The predicted octanol–water partition coefficient (Wildman–Crippen LogP) is 5.35. The first-order chi connectivity index (χ1) is 16.8. The van der Waals surface area contributed by atoms with Crippen molar-refractivity contribution in [1.82, 2.24) is 19.4 Å². The molecule has 8 heteroatoms. The van der Waals surface area contributed by atoms with Crippen LogP contribution in [0.15, 0.2) is 48.8 Å². The number of nitrogens with zero attached hydrogens (tertiary/aromatic N) is 4.